The van der Waals surface area contributed by atoms with Crippen LogP contribution in [-0.4, -0.2) is 5.11 Å². The van der Waals surface area contributed by atoms with E-state index >= 15 is 0 Å². The molecule has 0 spiro atoms. The molecular weight excluding hydrogens is 238 g/mol. The van der Waals surface area contributed by atoms with Gasteiger partial charge in [-0.2, -0.15) is 0 Å². The van der Waals surface area contributed by atoms with Crippen LogP contribution in [0.5, 0.6) is 11.5 Å². The predicted octanol–water partition coefficient (Wildman–Crippen LogP) is 2.92. The lowest BCUT2D eigenvalue weighted by Crippen LogP contribution is -2.05. The van der Waals surface area contributed by atoms with Crippen LogP contribution in [0.4, 0.5) is 0 Å². The summed E-state index contributed by atoms with van der Waals surface area (Å²) in [7, 11) is 0. The van der Waals surface area contributed by atoms with Crippen LogP contribution in [0.3, 0.4) is 0 Å². The van der Waals surface area contributed by atoms with Crippen LogP contribution in [0.15, 0.2) is 42.5 Å². The van der Waals surface area contributed by atoms with Crippen molar-refractivity contribution >= 4 is 0 Å². The zero-order chi connectivity index (χ0) is 13.2. The molecule has 98 valence electrons. The average molecular weight is 255 g/mol. The first-order valence-corrected chi connectivity index (χ1v) is 6.52. The van der Waals surface area contributed by atoms with Crippen molar-refractivity contribution in [2.45, 2.75) is 25.5 Å². The van der Waals surface area contributed by atoms with E-state index in [1.54, 1.807) is 12.1 Å². The van der Waals surface area contributed by atoms with Gasteiger partial charge in [0.2, 0.25) is 0 Å². The second-order valence-electron chi connectivity index (χ2n) is 4.92. The molecule has 3 nitrogen and oxygen atoms in total. The molecule has 2 aromatic carbocycles. The molecule has 3 heteroatoms. The number of hydrogen-bond donors (Lipinski definition) is 2. The molecule has 0 saturated carbocycles. The van der Waals surface area contributed by atoms with Gasteiger partial charge in [-0.15, -0.1) is 0 Å². The lowest BCUT2D eigenvalue weighted by Gasteiger charge is -2.11. The number of rotatable bonds is 3. The summed E-state index contributed by atoms with van der Waals surface area (Å²) in [5.74, 6) is 1.20. The highest BCUT2D eigenvalue weighted by atomic mass is 16.5. The fourth-order valence-corrected chi connectivity index (χ4v) is 2.54. The molecule has 1 atom stereocenters. The topological polar surface area (TPSA) is 55.5 Å². The highest BCUT2D eigenvalue weighted by Gasteiger charge is 2.21. The summed E-state index contributed by atoms with van der Waals surface area (Å²) in [5, 5.41) is 9.24. The van der Waals surface area contributed by atoms with Gasteiger partial charge in [0.1, 0.15) is 18.1 Å². The van der Waals surface area contributed by atoms with E-state index in [1.165, 1.54) is 11.1 Å². The molecule has 0 saturated heterocycles. The van der Waals surface area contributed by atoms with Crippen LogP contribution in [0, 0.1) is 0 Å². The monoisotopic (exact) mass is 255 g/mol. The van der Waals surface area contributed by atoms with E-state index < -0.39 is 0 Å². The van der Waals surface area contributed by atoms with Gasteiger partial charge < -0.3 is 15.6 Å². The van der Waals surface area contributed by atoms with E-state index in [0.717, 1.165) is 24.2 Å². The molecule has 0 radical (unpaired) electrons. The molecule has 19 heavy (non-hydrogen) atoms. The minimum atomic E-state index is 0.146. The smallest absolute Gasteiger partial charge is 0.123 e. The van der Waals surface area contributed by atoms with Gasteiger partial charge in [-0.05, 0) is 47.7 Å². The van der Waals surface area contributed by atoms with Gasteiger partial charge in [-0.1, -0.05) is 24.3 Å². The number of nitrogens with two attached hydrogens (primary N) is 1. The Labute approximate surface area is 112 Å². The van der Waals surface area contributed by atoms with Gasteiger partial charge in [0.05, 0.1) is 0 Å². The molecule has 0 aliphatic heterocycles. The lowest BCUT2D eigenvalue weighted by molar-refractivity contribution is 0.303. The molecule has 0 fully saturated rings. The highest BCUT2D eigenvalue weighted by molar-refractivity contribution is 5.45. The Morgan fingerprint density at radius 2 is 1.95 bits per heavy atom. The Morgan fingerprint density at radius 1 is 1.16 bits per heavy atom. The van der Waals surface area contributed by atoms with Gasteiger partial charge in [-0.3, -0.25) is 0 Å². The second kappa shape index (κ2) is 4.94. The zero-order valence-electron chi connectivity index (χ0n) is 10.7. The van der Waals surface area contributed by atoms with Crippen LogP contribution >= 0.6 is 0 Å². The van der Waals surface area contributed by atoms with Crippen molar-refractivity contribution in [3.63, 3.8) is 0 Å². The van der Waals surface area contributed by atoms with E-state index in [4.69, 9.17) is 10.5 Å². The fourth-order valence-electron chi connectivity index (χ4n) is 2.54. The quantitative estimate of drug-likeness (QED) is 0.886. The maximum absolute atomic E-state index is 9.24. The van der Waals surface area contributed by atoms with Crippen molar-refractivity contribution < 1.29 is 9.84 Å². The number of aromatic hydroxyl groups is 1. The van der Waals surface area contributed by atoms with Crippen molar-refractivity contribution in [2.75, 3.05) is 0 Å². The Hall–Kier alpha value is -2.00. The van der Waals surface area contributed by atoms with Crippen molar-refractivity contribution in [3.8, 4) is 11.5 Å². The molecule has 1 aliphatic rings. The zero-order valence-corrected chi connectivity index (χ0v) is 10.7. The second-order valence-corrected chi connectivity index (χ2v) is 4.92. The Kier molecular flexibility index (Phi) is 3.13. The SMILES string of the molecule is NC1CCc2c(OCc3ccc(O)cc3)cccc21. The van der Waals surface area contributed by atoms with Crippen LogP contribution in [0.2, 0.25) is 0 Å². The van der Waals surface area contributed by atoms with E-state index in [-0.39, 0.29) is 11.8 Å². The standard InChI is InChI=1S/C16H17NO2/c17-15-9-8-14-13(15)2-1-3-16(14)19-10-11-4-6-12(18)7-5-11/h1-7,15,18H,8-10,17H2. The maximum atomic E-state index is 9.24. The first-order chi connectivity index (χ1) is 9.24. The molecule has 2 aromatic rings. The van der Waals surface area contributed by atoms with E-state index in [1.807, 2.05) is 24.3 Å². The van der Waals surface area contributed by atoms with Gasteiger partial charge in [-0.25, -0.2) is 0 Å². The summed E-state index contributed by atoms with van der Waals surface area (Å²) >= 11 is 0. The molecule has 3 rings (SSSR count). The number of fused-ring (bicyclic) bond motifs is 1. The Morgan fingerprint density at radius 3 is 2.74 bits per heavy atom. The number of hydrogen-bond acceptors (Lipinski definition) is 3. The molecular formula is C16H17NO2. The number of phenolic OH excluding ortho intramolecular Hbond substituents is 1. The molecule has 1 unspecified atom stereocenters. The van der Waals surface area contributed by atoms with E-state index in [2.05, 4.69) is 6.07 Å². The third-order valence-corrected chi connectivity index (χ3v) is 3.60. The normalized spacial score (nSPS) is 17.2. The molecule has 0 heterocycles. The summed E-state index contributed by atoms with van der Waals surface area (Å²) in [6.45, 7) is 0.506. The minimum absolute atomic E-state index is 0.146. The molecule has 0 aromatic heterocycles. The van der Waals surface area contributed by atoms with Crippen LogP contribution in [0.25, 0.3) is 0 Å². The highest BCUT2D eigenvalue weighted by Crippen LogP contribution is 2.35. The number of benzene rings is 2. The van der Waals surface area contributed by atoms with E-state index in [0.29, 0.717) is 6.61 Å². The molecule has 0 bridgehead atoms. The van der Waals surface area contributed by atoms with Crippen molar-refractivity contribution in [1.82, 2.24) is 0 Å². The maximum Gasteiger partial charge on any atom is 0.123 e. The van der Waals surface area contributed by atoms with Gasteiger partial charge >= 0.3 is 0 Å². The third kappa shape index (κ3) is 2.42. The van der Waals surface area contributed by atoms with Crippen LogP contribution in [-0.2, 0) is 13.0 Å². The summed E-state index contributed by atoms with van der Waals surface area (Å²) in [4.78, 5) is 0. The summed E-state index contributed by atoms with van der Waals surface area (Å²) < 4.78 is 5.89. The van der Waals surface area contributed by atoms with Gasteiger partial charge in [0.25, 0.3) is 0 Å². The average Bonchev–Trinajstić information content (AvgIpc) is 2.81. The Bertz CT molecular complexity index is 578. The molecule has 3 N–H and O–H groups in total. The van der Waals surface area contributed by atoms with Gasteiger partial charge in [0, 0.05) is 6.04 Å². The van der Waals surface area contributed by atoms with Crippen molar-refractivity contribution in [1.29, 1.82) is 0 Å². The van der Waals surface area contributed by atoms with Crippen LogP contribution in [0.1, 0.15) is 29.2 Å². The van der Waals surface area contributed by atoms with E-state index in [9.17, 15) is 5.11 Å². The minimum Gasteiger partial charge on any atom is -0.508 e. The summed E-state index contributed by atoms with van der Waals surface area (Å²) in [5.41, 5.74) is 9.55. The first kappa shape index (κ1) is 12.1. The summed E-state index contributed by atoms with van der Waals surface area (Å²) in [6, 6.07) is 13.3. The predicted molar refractivity (Wildman–Crippen MR) is 74.1 cm³/mol. The van der Waals surface area contributed by atoms with Crippen molar-refractivity contribution in [2.24, 2.45) is 5.73 Å². The largest absolute Gasteiger partial charge is 0.508 e. The lowest BCUT2D eigenvalue weighted by atomic mass is 10.1. The first-order valence-electron chi connectivity index (χ1n) is 6.52. The third-order valence-electron chi connectivity index (χ3n) is 3.60. The Balaban J connectivity index is 1.76. The fraction of sp³-hybridized carbons (Fsp3) is 0.250. The summed E-state index contributed by atoms with van der Waals surface area (Å²) in [6.07, 6.45) is 1.98. The number of ether oxygens (including phenoxy) is 1. The van der Waals surface area contributed by atoms with Crippen molar-refractivity contribution in [3.05, 3.63) is 59.2 Å². The van der Waals surface area contributed by atoms with Gasteiger partial charge in [0.15, 0.2) is 0 Å². The molecule has 0 amide bonds. The molecule has 1 aliphatic carbocycles. The number of phenols is 1. The van der Waals surface area contributed by atoms with Crippen LogP contribution < -0.4 is 10.5 Å².